The molecule has 0 aliphatic rings. The summed E-state index contributed by atoms with van der Waals surface area (Å²) in [5.41, 5.74) is 1.07. The van der Waals surface area contributed by atoms with E-state index in [1.807, 2.05) is 6.92 Å². The Bertz CT molecular complexity index is 418. The van der Waals surface area contributed by atoms with E-state index in [1.165, 1.54) is 6.07 Å². The van der Waals surface area contributed by atoms with Crippen LogP contribution in [0.1, 0.15) is 22.8 Å². The Kier molecular flexibility index (Phi) is 4.72. The van der Waals surface area contributed by atoms with E-state index in [1.54, 1.807) is 18.2 Å². The van der Waals surface area contributed by atoms with Gasteiger partial charge in [-0.2, -0.15) is 13.2 Å². The molecule has 0 saturated heterocycles. The predicted octanol–water partition coefficient (Wildman–Crippen LogP) is 1.90. The molecule has 0 radical (unpaired) electrons. The van der Waals surface area contributed by atoms with Crippen molar-refractivity contribution >= 4 is 5.91 Å². The van der Waals surface area contributed by atoms with Crippen LogP contribution >= 0.6 is 0 Å². The molecule has 1 atom stereocenters. The van der Waals surface area contributed by atoms with Gasteiger partial charge in [0.1, 0.15) is 0 Å². The van der Waals surface area contributed by atoms with Crippen molar-refractivity contribution in [1.82, 2.24) is 5.32 Å². The SMILES string of the molecule is CCc1ccccc1C(=O)NCC(O)C(F)(F)F. The fraction of sp³-hybridized carbons (Fsp3) is 0.417. The van der Waals surface area contributed by atoms with Crippen molar-refractivity contribution in [3.8, 4) is 0 Å². The molecule has 0 aromatic heterocycles. The fourth-order valence-electron chi connectivity index (χ4n) is 1.45. The van der Waals surface area contributed by atoms with Crippen molar-refractivity contribution in [2.75, 3.05) is 6.54 Å². The minimum atomic E-state index is -4.72. The molecule has 2 N–H and O–H groups in total. The molecule has 1 unspecified atom stereocenters. The van der Waals surface area contributed by atoms with Gasteiger partial charge in [0.25, 0.3) is 5.91 Å². The zero-order chi connectivity index (χ0) is 13.8. The van der Waals surface area contributed by atoms with Crippen LogP contribution in [0.25, 0.3) is 0 Å². The largest absolute Gasteiger partial charge is 0.416 e. The van der Waals surface area contributed by atoms with Crippen LogP contribution in [0.3, 0.4) is 0 Å². The molecule has 1 rings (SSSR count). The second-order valence-corrected chi connectivity index (χ2v) is 3.78. The van der Waals surface area contributed by atoms with Gasteiger partial charge in [0, 0.05) is 5.56 Å². The maximum atomic E-state index is 12.0. The zero-order valence-electron chi connectivity index (χ0n) is 9.79. The molecule has 18 heavy (non-hydrogen) atoms. The van der Waals surface area contributed by atoms with Gasteiger partial charge in [0.05, 0.1) is 6.54 Å². The number of rotatable bonds is 4. The molecule has 0 aliphatic heterocycles. The molecule has 100 valence electrons. The number of carbonyl (C=O) groups excluding carboxylic acids is 1. The first kappa shape index (κ1) is 14.5. The van der Waals surface area contributed by atoms with Gasteiger partial charge in [-0.3, -0.25) is 4.79 Å². The molecular weight excluding hydrogens is 247 g/mol. The minimum absolute atomic E-state index is 0.328. The van der Waals surface area contributed by atoms with Crippen LogP contribution in [0.15, 0.2) is 24.3 Å². The van der Waals surface area contributed by atoms with Gasteiger partial charge in [-0.25, -0.2) is 0 Å². The summed E-state index contributed by atoms with van der Waals surface area (Å²) in [6, 6.07) is 6.65. The molecule has 0 fully saturated rings. The molecule has 1 aromatic carbocycles. The number of carbonyl (C=O) groups is 1. The number of hydrogen-bond donors (Lipinski definition) is 2. The van der Waals surface area contributed by atoms with E-state index in [0.29, 0.717) is 12.0 Å². The summed E-state index contributed by atoms with van der Waals surface area (Å²) in [4.78, 5) is 11.7. The van der Waals surface area contributed by atoms with Crippen molar-refractivity contribution < 1.29 is 23.1 Å². The quantitative estimate of drug-likeness (QED) is 0.869. The lowest BCUT2D eigenvalue weighted by atomic mass is 10.0. The van der Waals surface area contributed by atoms with Crippen molar-refractivity contribution in [1.29, 1.82) is 0 Å². The summed E-state index contributed by atoms with van der Waals surface area (Å²) < 4.78 is 36.1. The number of amides is 1. The number of aryl methyl sites for hydroxylation is 1. The van der Waals surface area contributed by atoms with Gasteiger partial charge in [-0.05, 0) is 18.1 Å². The van der Waals surface area contributed by atoms with Gasteiger partial charge < -0.3 is 10.4 Å². The molecule has 1 aromatic rings. The number of aliphatic hydroxyl groups excluding tert-OH is 1. The monoisotopic (exact) mass is 261 g/mol. The van der Waals surface area contributed by atoms with Crippen LogP contribution in [0, 0.1) is 0 Å². The van der Waals surface area contributed by atoms with E-state index < -0.39 is 24.7 Å². The highest BCUT2D eigenvalue weighted by molar-refractivity contribution is 5.95. The second-order valence-electron chi connectivity index (χ2n) is 3.78. The van der Waals surface area contributed by atoms with E-state index in [4.69, 9.17) is 5.11 Å². The second kappa shape index (κ2) is 5.86. The van der Waals surface area contributed by atoms with Crippen LogP contribution in [-0.2, 0) is 6.42 Å². The molecule has 0 aliphatic carbocycles. The maximum Gasteiger partial charge on any atom is 0.416 e. The first-order valence-electron chi connectivity index (χ1n) is 5.47. The Balaban J connectivity index is 2.66. The van der Waals surface area contributed by atoms with Crippen molar-refractivity contribution in [3.05, 3.63) is 35.4 Å². The van der Waals surface area contributed by atoms with E-state index in [2.05, 4.69) is 5.32 Å². The lowest BCUT2D eigenvalue weighted by molar-refractivity contribution is -0.201. The summed E-state index contributed by atoms with van der Waals surface area (Å²) in [6.07, 6.45) is -6.67. The number of benzene rings is 1. The Morgan fingerprint density at radius 3 is 2.56 bits per heavy atom. The summed E-state index contributed by atoms with van der Waals surface area (Å²) in [6.45, 7) is 0.997. The lowest BCUT2D eigenvalue weighted by Crippen LogP contribution is -2.40. The van der Waals surface area contributed by atoms with E-state index in [9.17, 15) is 18.0 Å². The Hall–Kier alpha value is -1.56. The highest BCUT2D eigenvalue weighted by atomic mass is 19.4. The zero-order valence-corrected chi connectivity index (χ0v) is 9.79. The normalized spacial score (nSPS) is 13.2. The Labute approximate surface area is 103 Å². The summed E-state index contributed by atoms with van der Waals surface area (Å²) in [7, 11) is 0. The highest BCUT2D eigenvalue weighted by Crippen LogP contribution is 2.19. The molecule has 0 saturated carbocycles. The van der Waals surface area contributed by atoms with Gasteiger partial charge in [0.15, 0.2) is 6.10 Å². The van der Waals surface area contributed by atoms with Gasteiger partial charge >= 0.3 is 6.18 Å². The molecule has 0 bridgehead atoms. The third-order valence-electron chi connectivity index (χ3n) is 2.48. The molecule has 0 spiro atoms. The number of aliphatic hydroxyl groups is 1. The van der Waals surface area contributed by atoms with E-state index in [-0.39, 0.29) is 0 Å². The van der Waals surface area contributed by atoms with Gasteiger partial charge in [-0.1, -0.05) is 25.1 Å². The molecular formula is C12H14F3NO2. The smallest absolute Gasteiger partial charge is 0.382 e. The summed E-state index contributed by atoms with van der Waals surface area (Å²) >= 11 is 0. The van der Waals surface area contributed by atoms with Crippen LogP contribution in [-0.4, -0.2) is 29.8 Å². The summed E-state index contributed by atoms with van der Waals surface area (Å²) in [5, 5.41) is 10.8. The first-order chi connectivity index (χ1) is 8.36. The highest BCUT2D eigenvalue weighted by Gasteiger charge is 2.38. The predicted molar refractivity (Wildman–Crippen MR) is 60.2 cm³/mol. The van der Waals surface area contributed by atoms with Crippen molar-refractivity contribution in [3.63, 3.8) is 0 Å². The third-order valence-corrected chi connectivity index (χ3v) is 2.48. The molecule has 3 nitrogen and oxygen atoms in total. The maximum absolute atomic E-state index is 12.0. The summed E-state index contributed by atoms with van der Waals surface area (Å²) in [5.74, 6) is -0.615. The molecule has 6 heteroatoms. The Morgan fingerprint density at radius 2 is 2.00 bits per heavy atom. The Morgan fingerprint density at radius 1 is 1.39 bits per heavy atom. The number of hydrogen-bond acceptors (Lipinski definition) is 2. The molecule has 0 heterocycles. The van der Waals surface area contributed by atoms with Crippen LogP contribution in [0.2, 0.25) is 0 Å². The van der Waals surface area contributed by atoms with E-state index in [0.717, 1.165) is 5.56 Å². The lowest BCUT2D eigenvalue weighted by Gasteiger charge is -2.15. The number of alkyl halides is 3. The van der Waals surface area contributed by atoms with Crippen molar-refractivity contribution in [2.24, 2.45) is 0 Å². The fourth-order valence-corrected chi connectivity index (χ4v) is 1.45. The third kappa shape index (κ3) is 3.73. The van der Waals surface area contributed by atoms with Crippen molar-refractivity contribution in [2.45, 2.75) is 25.6 Å². The van der Waals surface area contributed by atoms with Crippen LogP contribution in [0.5, 0.6) is 0 Å². The molecule has 1 amide bonds. The average molecular weight is 261 g/mol. The van der Waals surface area contributed by atoms with Crippen LogP contribution in [0.4, 0.5) is 13.2 Å². The van der Waals surface area contributed by atoms with Gasteiger partial charge in [-0.15, -0.1) is 0 Å². The average Bonchev–Trinajstić information content (AvgIpc) is 2.34. The minimum Gasteiger partial charge on any atom is -0.382 e. The number of halogens is 3. The first-order valence-corrected chi connectivity index (χ1v) is 5.47. The van der Waals surface area contributed by atoms with Gasteiger partial charge in [0.2, 0.25) is 0 Å². The number of nitrogens with one attached hydrogen (secondary N) is 1. The van der Waals surface area contributed by atoms with E-state index >= 15 is 0 Å². The van der Waals surface area contributed by atoms with Crippen LogP contribution < -0.4 is 5.32 Å². The topological polar surface area (TPSA) is 49.3 Å². The standard InChI is InChI=1S/C12H14F3NO2/c1-2-8-5-3-4-6-9(8)11(18)16-7-10(17)12(13,14)15/h3-6,10,17H,2,7H2,1H3,(H,16,18).